The minimum Gasteiger partial charge on any atom is -0.481 e. The summed E-state index contributed by atoms with van der Waals surface area (Å²) < 4.78 is 0. The van der Waals surface area contributed by atoms with Crippen LogP contribution in [0.4, 0.5) is 4.79 Å². The summed E-state index contributed by atoms with van der Waals surface area (Å²) in [6.07, 6.45) is 5.22. The van der Waals surface area contributed by atoms with E-state index in [1.807, 2.05) is 4.90 Å². The SMILES string of the molecule is CCC1CCCN(C(=O)N2CCCC2CC(=O)O)C1. The summed E-state index contributed by atoms with van der Waals surface area (Å²) in [6, 6.07) is -0.0473. The van der Waals surface area contributed by atoms with Crippen LogP contribution in [0, 0.1) is 5.92 Å². The molecular weight excluding hydrogens is 244 g/mol. The van der Waals surface area contributed by atoms with Gasteiger partial charge in [-0.05, 0) is 31.6 Å². The van der Waals surface area contributed by atoms with Crippen molar-refractivity contribution in [1.29, 1.82) is 0 Å². The maximum atomic E-state index is 12.5. The van der Waals surface area contributed by atoms with Gasteiger partial charge in [0.1, 0.15) is 0 Å². The first-order chi connectivity index (χ1) is 9.11. The lowest BCUT2D eigenvalue weighted by molar-refractivity contribution is -0.138. The quantitative estimate of drug-likeness (QED) is 0.853. The number of aliphatic carboxylic acids is 1. The molecule has 2 atom stereocenters. The zero-order valence-electron chi connectivity index (χ0n) is 11.7. The molecular formula is C14H24N2O3. The predicted octanol–water partition coefficient (Wildman–Crippen LogP) is 2.17. The van der Waals surface area contributed by atoms with Crippen LogP contribution in [0.15, 0.2) is 0 Å². The number of hydrogen-bond acceptors (Lipinski definition) is 2. The third-order valence-corrected chi connectivity index (χ3v) is 4.40. The largest absolute Gasteiger partial charge is 0.481 e. The number of likely N-dealkylation sites (tertiary alicyclic amines) is 2. The number of nitrogens with zero attached hydrogens (tertiary/aromatic N) is 2. The first-order valence-electron chi connectivity index (χ1n) is 7.39. The number of hydrogen-bond donors (Lipinski definition) is 1. The van der Waals surface area contributed by atoms with E-state index in [1.165, 1.54) is 6.42 Å². The van der Waals surface area contributed by atoms with Crippen LogP contribution in [-0.4, -0.2) is 52.6 Å². The molecule has 2 rings (SSSR count). The number of carboxylic acids is 1. The number of amides is 2. The number of carbonyl (C=O) groups is 2. The van der Waals surface area contributed by atoms with Crippen molar-refractivity contribution in [3.05, 3.63) is 0 Å². The monoisotopic (exact) mass is 268 g/mol. The van der Waals surface area contributed by atoms with Crippen LogP contribution in [0.25, 0.3) is 0 Å². The Kier molecular flexibility index (Phi) is 4.66. The average Bonchev–Trinajstić information content (AvgIpc) is 2.85. The van der Waals surface area contributed by atoms with Crippen LogP contribution in [0.2, 0.25) is 0 Å². The van der Waals surface area contributed by atoms with E-state index < -0.39 is 5.97 Å². The molecule has 0 saturated carbocycles. The highest BCUT2D eigenvalue weighted by molar-refractivity contribution is 5.76. The summed E-state index contributed by atoms with van der Waals surface area (Å²) in [4.78, 5) is 27.1. The highest BCUT2D eigenvalue weighted by Gasteiger charge is 2.34. The Morgan fingerprint density at radius 3 is 2.63 bits per heavy atom. The van der Waals surface area contributed by atoms with Crippen LogP contribution >= 0.6 is 0 Å². The number of rotatable bonds is 3. The fourth-order valence-electron chi connectivity index (χ4n) is 3.25. The number of piperidine rings is 1. The lowest BCUT2D eigenvalue weighted by Gasteiger charge is -2.36. The van der Waals surface area contributed by atoms with Crippen molar-refractivity contribution in [1.82, 2.24) is 9.80 Å². The van der Waals surface area contributed by atoms with Crippen LogP contribution in [0.5, 0.6) is 0 Å². The van der Waals surface area contributed by atoms with Crippen molar-refractivity contribution in [3.8, 4) is 0 Å². The van der Waals surface area contributed by atoms with Gasteiger partial charge in [0.15, 0.2) is 0 Å². The Morgan fingerprint density at radius 1 is 1.21 bits per heavy atom. The van der Waals surface area contributed by atoms with E-state index in [1.54, 1.807) is 4.90 Å². The van der Waals surface area contributed by atoms with E-state index in [0.29, 0.717) is 12.5 Å². The van der Waals surface area contributed by atoms with E-state index in [2.05, 4.69) is 6.92 Å². The Balaban J connectivity index is 1.96. The van der Waals surface area contributed by atoms with Gasteiger partial charge < -0.3 is 14.9 Å². The molecule has 2 fully saturated rings. The molecule has 5 nitrogen and oxygen atoms in total. The fourth-order valence-corrected chi connectivity index (χ4v) is 3.25. The summed E-state index contributed by atoms with van der Waals surface area (Å²) in [5.74, 6) is -0.201. The van der Waals surface area contributed by atoms with Crippen molar-refractivity contribution in [2.75, 3.05) is 19.6 Å². The second-order valence-electron chi connectivity index (χ2n) is 5.73. The lowest BCUT2D eigenvalue weighted by atomic mass is 9.96. The molecule has 0 spiro atoms. The molecule has 108 valence electrons. The second kappa shape index (κ2) is 6.26. The first kappa shape index (κ1) is 14.2. The van der Waals surface area contributed by atoms with Crippen LogP contribution in [0.3, 0.4) is 0 Å². The van der Waals surface area contributed by atoms with E-state index >= 15 is 0 Å². The number of carbonyl (C=O) groups excluding carboxylic acids is 1. The van der Waals surface area contributed by atoms with Crippen molar-refractivity contribution in [2.45, 2.75) is 51.5 Å². The smallest absolute Gasteiger partial charge is 0.320 e. The van der Waals surface area contributed by atoms with Gasteiger partial charge in [0, 0.05) is 25.7 Å². The molecule has 2 aliphatic rings. The highest BCUT2D eigenvalue weighted by atomic mass is 16.4. The molecule has 5 heteroatoms. The van der Waals surface area contributed by atoms with Gasteiger partial charge in [-0.25, -0.2) is 4.79 Å². The van der Waals surface area contributed by atoms with Gasteiger partial charge in [0.25, 0.3) is 0 Å². The van der Waals surface area contributed by atoms with Crippen molar-refractivity contribution in [3.63, 3.8) is 0 Å². The summed E-state index contributed by atoms with van der Waals surface area (Å²) in [5.41, 5.74) is 0. The molecule has 0 aromatic heterocycles. The van der Waals surface area contributed by atoms with Crippen molar-refractivity contribution >= 4 is 12.0 Å². The summed E-state index contributed by atoms with van der Waals surface area (Å²) >= 11 is 0. The Labute approximate surface area is 114 Å². The number of urea groups is 1. The molecule has 0 aliphatic carbocycles. The zero-order chi connectivity index (χ0) is 13.8. The maximum Gasteiger partial charge on any atom is 0.320 e. The van der Waals surface area contributed by atoms with Gasteiger partial charge in [0.05, 0.1) is 6.42 Å². The standard InChI is InChI=1S/C14H24N2O3/c1-2-11-5-3-7-15(10-11)14(19)16-8-4-6-12(16)9-13(17)18/h11-12H,2-10H2,1H3,(H,17,18). The van der Waals surface area contributed by atoms with E-state index in [0.717, 1.165) is 38.8 Å². The topological polar surface area (TPSA) is 60.9 Å². The van der Waals surface area contributed by atoms with Gasteiger partial charge in [-0.1, -0.05) is 13.3 Å². The summed E-state index contributed by atoms with van der Waals surface area (Å²) in [6.45, 7) is 4.54. The molecule has 1 N–H and O–H groups in total. The normalized spacial score (nSPS) is 27.6. The molecule has 2 saturated heterocycles. The van der Waals surface area contributed by atoms with Gasteiger partial charge in [-0.3, -0.25) is 4.79 Å². The Morgan fingerprint density at radius 2 is 1.95 bits per heavy atom. The third kappa shape index (κ3) is 3.39. The second-order valence-corrected chi connectivity index (χ2v) is 5.73. The molecule has 2 aliphatic heterocycles. The molecule has 2 amide bonds. The zero-order valence-corrected chi connectivity index (χ0v) is 11.7. The van der Waals surface area contributed by atoms with Crippen LogP contribution < -0.4 is 0 Å². The molecule has 2 heterocycles. The van der Waals surface area contributed by atoms with Crippen LogP contribution in [-0.2, 0) is 4.79 Å². The summed E-state index contributed by atoms with van der Waals surface area (Å²) in [7, 11) is 0. The van der Waals surface area contributed by atoms with Gasteiger partial charge in [0.2, 0.25) is 0 Å². The minimum atomic E-state index is -0.810. The molecule has 19 heavy (non-hydrogen) atoms. The molecule has 0 aromatic rings. The van der Waals surface area contributed by atoms with Crippen molar-refractivity contribution < 1.29 is 14.7 Å². The molecule has 2 unspecified atom stereocenters. The van der Waals surface area contributed by atoms with Gasteiger partial charge in [-0.2, -0.15) is 0 Å². The maximum absolute atomic E-state index is 12.5. The average molecular weight is 268 g/mol. The number of carboxylic acid groups (broad SMARTS) is 1. The summed E-state index contributed by atoms with van der Waals surface area (Å²) in [5, 5.41) is 8.91. The van der Waals surface area contributed by atoms with Crippen LogP contribution in [0.1, 0.15) is 45.4 Å². The molecule has 0 radical (unpaired) electrons. The van der Waals surface area contributed by atoms with Gasteiger partial charge >= 0.3 is 12.0 Å². The Bertz CT molecular complexity index is 346. The van der Waals surface area contributed by atoms with E-state index in [-0.39, 0.29) is 18.5 Å². The fraction of sp³-hybridized carbons (Fsp3) is 0.857. The highest BCUT2D eigenvalue weighted by Crippen LogP contribution is 2.25. The minimum absolute atomic E-state index is 0.0573. The van der Waals surface area contributed by atoms with E-state index in [4.69, 9.17) is 5.11 Å². The van der Waals surface area contributed by atoms with Gasteiger partial charge in [-0.15, -0.1) is 0 Å². The Hall–Kier alpha value is -1.26. The van der Waals surface area contributed by atoms with E-state index in [9.17, 15) is 9.59 Å². The molecule has 0 bridgehead atoms. The molecule has 0 aromatic carbocycles. The lowest BCUT2D eigenvalue weighted by Crippen LogP contribution is -2.49. The first-order valence-corrected chi connectivity index (χ1v) is 7.39. The third-order valence-electron chi connectivity index (χ3n) is 4.40. The predicted molar refractivity (Wildman–Crippen MR) is 72.0 cm³/mol. The van der Waals surface area contributed by atoms with Crippen molar-refractivity contribution in [2.24, 2.45) is 5.92 Å².